The van der Waals surface area contributed by atoms with Crippen molar-refractivity contribution in [2.24, 2.45) is 0 Å². The van der Waals surface area contributed by atoms with Crippen LogP contribution in [0.15, 0.2) is 12.7 Å². The maximum atomic E-state index is 3.51. The minimum atomic E-state index is 0. The van der Waals surface area contributed by atoms with Gasteiger partial charge in [0.15, 0.2) is 0 Å². The van der Waals surface area contributed by atoms with Crippen molar-refractivity contribution in [1.82, 2.24) is 0 Å². The van der Waals surface area contributed by atoms with Gasteiger partial charge in [0.2, 0.25) is 0 Å². The van der Waals surface area contributed by atoms with Gasteiger partial charge in [-0.1, -0.05) is 6.08 Å². The third-order valence-electron chi connectivity index (χ3n) is 0.289. The molecule has 7 heavy (non-hydrogen) atoms. The Balaban J connectivity index is -0.0000000150. The molecule has 0 aromatic rings. The fourth-order valence-corrected chi connectivity index (χ4v) is 0. The van der Waals surface area contributed by atoms with Crippen LogP contribution in [0.3, 0.4) is 0 Å². The molecule has 0 bridgehead atoms. The summed E-state index contributed by atoms with van der Waals surface area (Å²) in [4.78, 5) is 0. The maximum Gasteiger partial charge on any atom is 0.00753 e. The Kier molecular flexibility index (Phi) is 103. The van der Waals surface area contributed by atoms with Gasteiger partial charge in [-0.25, -0.2) is 0 Å². The number of hydrogen-bond donors (Lipinski definition) is 0. The summed E-state index contributed by atoms with van der Waals surface area (Å²) in [6.07, 6.45) is 1.94. The second kappa shape index (κ2) is 29.0. The van der Waals surface area contributed by atoms with Crippen LogP contribution in [-0.2, 0) is 0 Å². The highest BCUT2D eigenvalue weighted by atomic mass is 35.5. The molecule has 0 unspecified atom stereocenters. The number of halogens is 3. The molecule has 0 amide bonds. The lowest BCUT2D eigenvalue weighted by molar-refractivity contribution is 1.76. The normalized spacial score (nSPS) is 4.00. The van der Waals surface area contributed by atoms with E-state index in [1.54, 1.807) is 0 Å². The number of allylic oxidation sites excluding steroid dienone is 1. The zero-order valence-electron chi connectivity index (χ0n) is 4.22. The van der Waals surface area contributed by atoms with E-state index in [4.69, 9.17) is 0 Å². The standard InChI is InChI=1S/C3H8Si.3ClH/c1-2-3-4;;;/h2H,1,3H2,4H3;3*1H. The third kappa shape index (κ3) is 47.7. The Morgan fingerprint density at radius 3 is 1.43 bits per heavy atom. The fraction of sp³-hybridized carbons (Fsp3) is 0.333. The van der Waals surface area contributed by atoms with E-state index in [0.29, 0.717) is 0 Å². The Bertz CT molecular complexity index is 24.1. The fourth-order valence-electron chi connectivity index (χ4n) is 0. The lowest BCUT2D eigenvalue weighted by Gasteiger charge is -1.57. The number of rotatable bonds is 1. The predicted molar refractivity (Wildman–Crippen MR) is 46.7 cm³/mol. The maximum absolute atomic E-state index is 3.51. The van der Waals surface area contributed by atoms with Gasteiger partial charge in [-0.2, -0.15) is 0 Å². The molecule has 0 spiro atoms. The van der Waals surface area contributed by atoms with Gasteiger partial charge in [0, 0.05) is 10.2 Å². The topological polar surface area (TPSA) is 0 Å². The van der Waals surface area contributed by atoms with Crippen LogP contribution in [0, 0.1) is 0 Å². The Hall–Kier alpha value is 0.827. The first kappa shape index (κ1) is 24.9. The zero-order valence-corrected chi connectivity index (χ0v) is 8.67. The molecule has 0 aromatic carbocycles. The van der Waals surface area contributed by atoms with E-state index in [9.17, 15) is 0 Å². The second-order valence-electron chi connectivity index (χ2n) is 0.697. The third-order valence-corrected chi connectivity index (χ3v) is 0.866. The molecule has 0 N–H and O–H groups in total. The molecule has 0 saturated carbocycles. The smallest absolute Gasteiger partial charge is 0.00753 e. The average Bonchev–Trinajstić information content (AvgIpc) is 1.37. The van der Waals surface area contributed by atoms with Crippen LogP contribution >= 0.6 is 37.2 Å². The van der Waals surface area contributed by atoms with E-state index in [1.807, 2.05) is 6.08 Å². The lowest BCUT2D eigenvalue weighted by Crippen LogP contribution is -1.47. The highest BCUT2D eigenvalue weighted by molar-refractivity contribution is 6.09. The Morgan fingerprint density at radius 1 is 1.29 bits per heavy atom. The van der Waals surface area contributed by atoms with Crippen LogP contribution in [0.2, 0.25) is 6.04 Å². The molecular weight excluding hydrogens is 170 g/mol. The highest BCUT2D eigenvalue weighted by Gasteiger charge is 1.46. The van der Waals surface area contributed by atoms with Gasteiger partial charge in [0.25, 0.3) is 0 Å². The summed E-state index contributed by atoms with van der Waals surface area (Å²) in [5.74, 6) is 0. The van der Waals surface area contributed by atoms with E-state index in [-0.39, 0.29) is 37.2 Å². The van der Waals surface area contributed by atoms with Crippen LogP contribution in [0.4, 0.5) is 0 Å². The highest BCUT2D eigenvalue weighted by Crippen LogP contribution is 1.61. The van der Waals surface area contributed by atoms with E-state index < -0.39 is 0 Å². The van der Waals surface area contributed by atoms with Gasteiger partial charge >= 0.3 is 0 Å². The van der Waals surface area contributed by atoms with E-state index in [2.05, 4.69) is 6.58 Å². The quantitative estimate of drug-likeness (QED) is 0.422. The largest absolute Gasteiger partial charge is 0.147 e. The Labute approximate surface area is 66.4 Å². The Morgan fingerprint density at radius 2 is 1.43 bits per heavy atom. The number of hydrogen-bond acceptors (Lipinski definition) is 0. The van der Waals surface area contributed by atoms with Crippen molar-refractivity contribution in [3.8, 4) is 0 Å². The molecule has 0 rings (SSSR count). The molecule has 0 aliphatic heterocycles. The van der Waals surface area contributed by atoms with E-state index >= 15 is 0 Å². The van der Waals surface area contributed by atoms with Gasteiger partial charge in [0.1, 0.15) is 0 Å². The van der Waals surface area contributed by atoms with Crippen LogP contribution < -0.4 is 0 Å². The summed E-state index contributed by atoms with van der Waals surface area (Å²) in [6.45, 7) is 3.51. The molecule has 0 aliphatic carbocycles. The first-order chi connectivity index (χ1) is 1.91. The molecule has 0 heterocycles. The van der Waals surface area contributed by atoms with Gasteiger partial charge < -0.3 is 0 Å². The van der Waals surface area contributed by atoms with Gasteiger partial charge in [0.05, 0.1) is 0 Å². The van der Waals surface area contributed by atoms with Crippen LogP contribution in [0.5, 0.6) is 0 Å². The van der Waals surface area contributed by atoms with E-state index in [1.165, 1.54) is 16.3 Å². The van der Waals surface area contributed by atoms with Gasteiger partial charge in [-0.3, -0.25) is 0 Å². The van der Waals surface area contributed by atoms with Crippen molar-refractivity contribution < 1.29 is 0 Å². The average molecular weight is 182 g/mol. The molecule has 0 radical (unpaired) electrons. The van der Waals surface area contributed by atoms with Crippen LogP contribution in [0.1, 0.15) is 0 Å². The molecule has 4 heteroatoms. The minimum absolute atomic E-state index is 0. The second-order valence-corrected chi connectivity index (χ2v) is 1.51. The summed E-state index contributed by atoms with van der Waals surface area (Å²) < 4.78 is 0. The van der Waals surface area contributed by atoms with Crippen molar-refractivity contribution in [3.05, 3.63) is 12.7 Å². The van der Waals surface area contributed by atoms with Crippen molar-refractivity contribution >= 4 is 47.5 Å². The van der Waals surface area contributed by atoms with Crippen LogP contribution in [0.25, 0.3) is 0 Å². The van der Waals surface area contributed by atoms with Crippen molar-refractivity contribution in [3.63, 3.8) is 0 Å². The molecule has 0 atom stereocenters. The van der Waals surface area contributed by atoms with Gasteiger partial charge in [-0.15, -0.1) is 43.8 Å². The summed E-state index contributed by atoms with van der Waals surface area (Å²) >= 11 is 0. The van der Waals surface area contributed by atoms with Gasteiger partial charge in [-0.05, 0) is 6.04 Å². The summed E-state index contributed by atoms with van der Waals surface area (Å²) in [5, 5.41) is 0. The monoisotopic (exact) mass is 180 g/mol. The molecular formula is C3H11Cl3Si. The SMILES string of the molecule is C=CC[SiH3].Cl.Cl.Cl. The summed E-state index contributed by atoms with van der Waals surface area (Å²) in [5.41, 5.74) is 0. The molecule has 0 nitrogen and oxygen atoms in total. The first-order valence-electron chi connectivity index (χ1n) is 1.52. The van der Waals surface area contributed by atoms with E-state index in [0.717, 1.165) is 0 Å². The predicted octanol–water partition coefficient (Wildman–Crippen LogP) is 1.22. The van der Waals surface area contributed by atoms with Crippen molar-refractivity contribution in [2.75, 3.05) is 0 Å². The zero-order chi connectivity index (χ0) is 3.41. The first-order valence-corrected chi connectivity index (χ1v) is 2.94. The van der Waals surface area contributed by atoms with Crippen molar-refractivity contribution in [2.45, 2.75) is 6.04 Å². The van der Waals surface area contributed by atoms with Crippen LogP contribution in [-0.4, -0.2) is 10.2 Å². The molecule has 0 aromatic heterocycles. The molecule has 48 valence electrons. The van der Waals surface area contributed by atoms with Crippen molar-refractivity contribution in [1.29, 1.82) is 0 Å². The summed E-state index contributed by atoms with van der Waals surface area (Å²) in [6, 6.07) is 1.22. The molecule has 0 fully saturated rings. The summed E-state index contributed by atoms with van der Waals surface area (Å²) in [7, 11) is 1.27. The lowest BCUT2D eigenvalue weighted by atomic mass is 10.8. The molecule has 0 saturated heterocycles. The molecule has 0 aliphatic rings. The minimum Gasteiger partial charge on any atom is -0.147 e.